The van der Waals surface area contributed by atoms with E-state index in [1.807, 2.05) is 0 Å². The second-order valence-corrected chi connectivity index (χ2v) is 15.1. The standard InChI is InChI=1S/C39H18N4O7/c44-18(40-48)9-19(45)43-36(38(46)41-49)28-16-7-14-5-12-3-10-1-2-11-4-13-6-15-8-17(29(28)37(43)39(47)42-50)27-26(16)32-24(14)22(12)30-20(10)21(11)31-23(13)25(15)33(27)35(32)34(30)31/h1-4,7-8,28-29,34-37H,5-6,9H2. The van der Waals surface area contributed by atoms with E-state index in [-0.39, 0.29) is 11.8 Å². The first-order chi connectivity index (χ1) is 24.4. The Morgan fingerprint density at radius 3 is 1.48 bits per heavy atom. The number of benzene rings is 5. The van der Waals surface area contributed by atoms with E-state index in [2.05, 4.69) is 51.9 Å². The van der Waals surface area contributed by atoms with E-state index in [1.165, 1.54) is 77.2 Å². The molecule has 0 spiro atoms. The van der Waals surface area contributed by atoms with E-state index in [4.69, 9.17) is 0 Å². The first-order valence-electron chi connectivity index (χ1n) is 16.8. The van der Waals surface area contributed by atoms with E-state index in [0.29, 0.717) is 12.8 Å². The number of rotatable bonds is 4. The number of fused-ring (bicyclic) bond motifs is 3. The average Bonchev–Trinajstić information content (AvgIpc) is 3.92. The first-order valence-corrected chi connectivity index (χ1v) is 16.8. The lowest BCUT2D eigenvalue weighted by atomic mass is 9.65. The highest BCUT2D eigenvalue weighted by Gasteiger charge is 2.64. The first kappa shape index (κ1) is 25.9. The number of carbonyl (C=O) groups is 4. The lowest BCUT2D eigenvalue weighted by Gasteiger charge is -2.37. The van der Waals surface area contributed by atoms with E-state index < -0.39 is 54.0 Å². The minimum atomic E-state index is -1.60. The molecule has 1 saturated heterocycles. The van der Waals surface area contributed by atoms with Gasteiger partial charge in [-0.15, -0.1) is 14.7 Å². The van der Waals surface area contributed by atoms with Crippen LogP contribution < -0.4 is 0 Å². The molecule has 50 heavy (non-hydrogen) atoms. The Morgan fingerprint density at radius 1 is 0.580 bits per heavy atom. The van der Waals surface area contributed by atoms with Crippen molar-refractivity contribution in [2.45, 2.75) is 55.0 Å². The molecule has 4 unspecified atom stereocenters. The van der Waals surface area contributed by atoms with Gasteiger partial charge in [-0.2, -0.15) is 0 Å². The van der Waals surface area contributed by atoms with Crippen LogP contribution in [-0.2, 0) is 32.0 Å². The minimum Gasteiger partial charge on any atom is -0.316 e. The molecule has 1 fully saturated rings. The topological polar surface area (TPSA) is 160 Å². The Kier molecular flexibility index (Phi) is 3.98. The summed E-state index contributed by atoms with van der Waals surface area (Å²) in [6, 6.07) is 10.1. The normalized spacial score (nSPS) is 25.2. The molecule has 0 saturated carbocycles. The zero-order chi connectivity index (χ0) is 33.4. The molecule has 1 heterocycles. The van der Waals surface area contributed by atoms with E-state index in [0.717, 1.165) is 38.3 Å². The molecule has 7 aliphatic carbocycles. The largest absolute Gasteiger partial charge is 0.316 e. The minimum absolute atomic E-state index is 0.00689. The highest BCUT2D eigenvalue weighted by molar-refractivity contribution is 6.23. The van der Waals surface area contributed by atoms with Gasteiger partial charge in [0.05, 0.1) is 0 Å². The maximum Gasteiger partial charge on any atom is 0.309 e. The second-order valence-electron chi connectivity index (χ2n) is 15.1. The smallest absolute Gasteiger partial charge is 0.309 e. The summed E-state index contributed by atoms with van der Waals surface area (Å²) in [4.78, 5) is 89.4. The van der Waals surface area contributed by atoms with E-state index in [9.17, 15) is 33.9 Å². The molecular weight excluding hydrogens is 636 g/mol. The number of hydrogen-bond donors (Lipinski definition) is 0. The highest BCUT2D eigenvalue weighted by Crippen LogP contribution is 2.76. The third-order valence-electron chi connectivity index (χ3n) is 13.5. The van der Waals surface area contributed by atoms with Crippen LogP contribution in [0.2, 0.25) is 0 Å². The van der Waals surface area contributed by atoms with Crippen molar-refractivity contribution in [3.63, 3.8) is 0 Å². The van der Waals surface area contributed by atoms with Gasteiger partial charge in [0.1, 0.15) is 18.5 Å². The van der Waals surface area contributed by atoms with Gasteiger partial charge >= 0.3 is 11.8 Å². The lowest BCUT2D eigenvalue weighted by Crippen LogP contribution is -2.49. The Balaban J connectivity index is 1.20. The molecule has 236 valence electrons. The molecule has 4 amide bonds. The quantitative estimate of drug-likeness (QED) is 0.127. The molecule has 5 aromatic carbocycles. The number of nitroso groups, excluding NO2 is 3. The van der Waals surface area contributed by atoms with Crippen LogP contribution in [-0.4, -0.2) is 40.6 Å². The van der Waals surface area contributed by atoms with Crippen molar-refractivity contribution >= 4 is 45.2 Å². The van der Waals surface area contributed by atoms with E-state index >= 15 is 0 Å². The van der Waals surface area contributed by atoms with Crippen LogP contribution in [0.15, 0.2) is 51.9 Å². The van der Waals surface area contributed by atoms with Gasteiger partial charge in [0, 0.05) is 39.2 Å². The maximum atomic E-state index is 13.8. The maximum absolute atomic E-state index is 13.8. The molecule has 5 aromatic rings. The monoisotopic (exact) mass is 654 g/mol. The molecule has 1 aliphatic heterocycles. The van der Waals surface area contributed by atoms with Gasteiger partial charge in [-0.25, -0.2) is 0 Å². The molecule has 0 bridgehead atoms. The van der Waals surface area contributed by atoms with Crippen molar-refractivity contribution in [1.82, 2.24) is 4.90 Å². The predicted octanol–water partition coefficient (Wildman–Crippen LogP) is 6.05. The third kappa shape index (κ3) is 2.34. The summed E-state index contributed by atoms with van der Waals surface area (Å²) >= 11 is 0. The molecule has 11 heteroatoms. The lowest BCUT2D eigenvalue weighted by molar-refractivity contribution is -0.145. The average molecular weight is 655 g/mol. The summed E-state index contributed by atoms with van der Waals surface area (Å²) in [6.07, 6.45) is 0.273. The van der Waals surface area contributed by atoms with Crippen LogP contribution in [0.4, 0.5) is 0 Å². The molecule has 4 atom stereocenters. The molecule has 0 radical (unpaired) electrons. The van der Waals surface area contributed by atoms with Crippen molar-refractivity contribution in [2.75, 3.05) is 0 Å². The Hall–Kier alpha value is -6.10. The van der Waals surface area contributed by atoms with Gasteiger partial charge in [-0.05, 0) is 123 Å². The van der Waals surface area contributed by atoms with Crippen LogP contribution in [0.5, 0.6) is 0 Å². The Morgan fingerprint density at radius 2 is 1.02 bits per heavy atom. The summed E-state index contributed by atoms with van der Waals surface area (Å²) in [5, 5.41) is 13.0. The van der Waals surface area contributed by atoms with Gasteiger partial charge in [0.25, 0.3) is 5.91 Å². The third-order valence-corrected chi connectivity index (χ3v) is 13.5. The van der Waals surface area contributed by atoms with Crippen LogP contribution in [0, 0.1) is 14.7 Å². The van der Waals surface area contributed by atoms with Crippen LogP contribution in [0.1, 0.15) is 85.7 Å². The van der Waals surface area contributed by atoms with Crippen molar-refractivity contribution in [1.29, 1.82) is 0 Å². The molecule has 13 rings (SSSR count). The molecule has 0 aromatic heterocycles. The van der Waals surface area contributed by atoms with Crippen LogP contribution in [0.25, 0.3) is 54.9 Å². The Labute approximate surface area is 279 Å². The summed E-state index contributed by atoms with van der Waals surface area (Å²) in [7, 11) is 0. The molecule has 11 nitrogen and oxygen atoms in total. The zero-order valence-electron chi connectivity index (χ0n) is 25.7. The molecule has 0 N–H and O–H groups in total. The van der Waals surface area contributed by atoms with Gasteiger partial charge in [0.2, 0.25) is 5.91 Å². The number of amides is 4. The zero-order valence-corrected chi connectivity index (χ0v) is 25.7. The number of carbonyl (C=O) groups excluding carboxylic acids is 4. The highest BCUT2D eigenvalue weighted by atomic mass is 16.3. The SMILES string of the molecule is O=NC(=O)CC(=O)N1C(C(=O)N=O)C2c3cc4c5c6c3-c3c(cc7c8c3C6C3c6c-5c(cc5ccc9cc(c-8c3c9c65)C7)C4)C2C1C(=O)N=O. The van der Waals surface area contributed by atoms with Gasteiger partial charge in [0.15, 0.2) is 0 Å². The van der Waals surface area contributed by atoms with Gasteiger partial charge in [-0.1, -0.05) is 36.4 Å². The van der Waals surface area contributed by atoms with E-state index in [1.54, 1.807) is 0 Å². The van der Waals surface area contributed by atoms with Crippen molar-refractivity contribution < 1.29 is 19.2 Å². The van der Waals surface area contributed by atoms with Crippen LogP contribution in [0.3, 0.4) is 0 Å². The summed E-state index contributed by atoms with van der Waals surface area (Å²) < 4.78 is 0. The van der Waals surface area contributed by atoms with Crippen LogP contribution >= 0.6 is 0 Å². The fourth-order valence-corrected chi connectivity index (χ4v) is 12.4. The fourth-order valence-electron chi connectivity index (χ4n) is 12.4. The number of likely N-dealkylation sites (tertiary alicyclic amines) is 1. The van der Waals surface area contributed by atoms with Crippen molar-refractivity contribution in [2.24, 2.45) is 15.5 Å². The Bertz CT molecular complexity index is 2660. The summed E-state index contributed by atoms with van der Waals surface area (Å²) in [5.74, 6) is -6.55. The van der Waals surface area contributed by atoms with Crippen molar-refractivity contribution in [3.05, 3.63) is 107 Å². The number of nitrogens with zero attached hydrogens (tertiary/aromatic N) is 4. The van der Waals surface area contributed by atoms with Gasteiger partial charge in [-0.3, -0.25) is 19.2 Å². The fraction of sp³-hybridized carbons (Fsp3) is 0.231. The predicted molar refractivity (Wildman–Crippen MR) is 178 cm³/mol. The van der Waals surface area contributed by atoms with Gasteiger partial charge < -0.3 is 4.90 Å². The second kappa shape index (κ2) is 7.70. The molecule has 8 aliphatic rings. The number of hydrogen-bond acceptors (Lipinski definition) is 7. The molecular formula is C39H18N4O7. The van der Waals surface area contributed by atoms with Crippen molar-refractivity contribution in [3.8, 4) is 33.4 Å². The summed E-state index contributed by atoms with van der Waals surface area (Å²) in [5.41, 5.74) is 18.3. The summed E-state index contributed by atoms with van der Waals surface area (Å²) in [6.45, 7) is 0.